The quantitative estimate of drug-likeness (QED) is 0.212. The molecule has 0 spiro atoms. The number of amides is 2. The first-order chi connectivity index (χ1) is 27.5. The van der Waals surface area contributed by atoms with Gasteiger partial charge in [0.2, 0.25) is 11.6 Å². The average molecular weight is 791 g/mol. The van der Waals surface area contributed by atoms with E-state index < -0.39 is 6.04 Å². The fourth-order valence-electron chi connectivity index (χ4n) is 9.45. The summed E-state index contributed by atoms with van der Waals surface area (Å²) in [4.78, 5) is 72.5. The maximum absolute atomic E-state index is 13.5. The van der Waals surface area contributed by atoms with Crippen LogP contribution >= 0.6 is 11.6 Å². The van der Waals surface area contributed by atoms with Crippen molar-refractivity contribution in [3.05, 3.63) is 87.9 Å². The summed E-state index contributed by atoms with van der Waals surface area (Å²) in [5.74, 6) is 1.46. The Kier molecular flexibility index (Phi) is 11.2. The zero-order valence-corrected chi connectivity index (χ0v) is 33.7. The number of nitrogens with zero attached hydrogens (tertiary/aromatic N) is 8. The molecule has 13 heteroatoms. The van der Waals surface area contributed by atoms with Gasteiger partial charge in [0.1, 0.15) is 11.6 Å². The van der Waals surface area contributed by atoms with Gasteiger partial charge in [-0.2, -0.15) is 0 Å². The summed E-state index contributed by atoms with van der Waals surface area (Å²) in [5.41, 5.74) is 5.11. The van der Waals surface area contributed by atoms with Gasteiger partial charge in [0.15, 0.2) is 5.78 Å². The number of carbonyl (C=O) groups excluding carboxylic acids is 4. The van der Waals surface area contributed by atoms with Gasteiger partial charge in [-0.1, -0.05) is 23.7 Å². The van der Waals surface area contributed by atoms with Crippen LogP contribution in [0.5, 0.6) is 0 Å². The number of rotatable bonds is 8. The number of hydrogen-bond acceptors (Lipinski definition) is 9. The lowest BCUT2D eigenvalue weighted by Crippen LogP contribution is -2.58. The third-order valence-corrected chi connectivity index (χ3v) is 13.1. The van der Waals surface area contributed by atoms with Gasteiger partial charge in [-0.05, 0) is 86.6 Å². The fraction of sp³-hybridized carbons (Fsp3) is 0.500. The van der Waals surface area contributed by atoms with Crippen LogP contribution in [-0.4, -0.2) is 120 Å². The number of Topliss-reactive ketones (excluding diaryl/α,β-unsaturated/α-hetero) is 2. The summed E-state index contributed by atoms with van der Waals surface area (Å²) >= 11 is 6.33. The van der Waals surface area contributed by atoms with Gasteiger partial charge in [0.25, 0.3) is 5.91 Å². The summed E-state index contributed by atoms with van der Waals surface area (Å²) < 4.78 is 0. The van der Waals surface area contributed by atoms with E-state index in [-0.39, 0.29) is 41.9 Å². The highest BCUT2D eigenvalue weighted by molar-refractivity contribution is 6.33. The molecule has 0 N–H and O–H groups in total. The molecule has 4 aliphatic heterocycles. The van der Waals surface area contributed by atoms with Gasteiger partial charge in [-0.3, -0.25) is 24.1 Å². The van der Waals surface area contributed by atoms with E-state index in [1.54, 1.807) is 11.0 Å². The molecule has 2 amide bonds. The second kappa shape index (κ2) is 16.5. The van der Waals surface area contributed by atoms with Crippen LogP contribution in [0.2, 0.25) is 5.02 Å². The molecule has 1 saturated carbocycles. The van der Waals surface area contributed by atoms with Gasteiger partial charge in [-0.25, -0.2) is 9.83 Å². The van der Waals surface area contributed by atoms with Crippen LogP contribution in [0, 0.1) is 12.5 Å². The largest absolute Gasteiger partial charge is 0.369 e. The van der Waals surface area contributed by atoms with E-state index >= 15 is 0 Å². The molecular weight excluding hydrogens is 740 g/mol. The van der Waals surface area contributed by atoms with Crippen LogP contribution in [0.1, 0.15) is 67.4 Å². The van der Waals surface area contributed by atoms with Gasteiger partial charge >= 0.3 is 0 Å². The molecule has 4 fully saturated rings. The van der Waals surface area contributed by atoms with E-state index in [0.29, 0.717) is 61.1 Å². The van der Waals surface area contributed by atoms with Crippen LogP contribution in [0.25, 0.3) is 4.85 Å². The predicted octanol–water partition coefficient (Wildman–Crippen LogP) is 5.64. The number of pyridine rings is 1. The molecule has 0 radical (unpaired) electrons. The van der Waals surface area contributed by atoms with Crippen molar-refractivity contribution in [1.29, 1.82) is 0 Å². The van der Waals surface area contributed by atoms with Crippen LogP contribution < -0.4 is 14.7 Å². The predicted molar refractivity (Wildman–Crippen MR) is 221 cm³/mol. The Morgan fingerprint density at radius 1 is 0.860 bits per heavy atom. The molecule has 8 rings (SSSR count). The van der Waals surface area contributed by atoms with Crippen LogP contribution in [-0.2, 0) is 27.3 Å². The first kappa shape index (κ1) is 38.9. The number of fused-ring (bicyclic) bond motifs is 1. The lowest BCUT2D eigenvalue weighted by Gasteiger charge is -2.45. The Bertz CT molecular complexity index is 2070. The minimum atomic E-state index is -0.488. The Morgan fingerprint density at radius 2 is 1.63 bits per heavy atom. The number of aromatic nitrogens is 1. The van der Waals surface area contributed by atoms with Gasteiger partial charge in [-0.15, -0.1) is 0 Å². The monoisotopic (exact) mass is 790 g/mol. The maximum atomic E-state index is 13.5. The molecule has 0 bridgehead atoms. The third kappa shape index (κ3) is 8.23. The minimum Gasteiger partial charge on any atom is -0.369 e. The summed E-state index contributed by atoms with van der Waals surface area (Å²) in [6.07, 6.45) is 5.15. The normalized spacial score (nSPS) is 23.6. The Hall–Kier alpha value is -4.99. The number of ketones is 2. The van der Waals surface area contributed by atoms with Crippen molar-refractivity contribution in [1.82, 2.24) is 19.7 Å². The number of benzene rings is 2. The van der Waals surface area contributed by atoms with E-state index in [4.69, 9.17) is 23.2 Å². The maximum Gasteiger partial charge on any atom is 0.255 e. The van der Waals surface area contributed by atoms with E-state index in [9.17, 15) is 19.2 Å². The molecule has 3 saturated heterocycles. The van der Waals surface area contributed by atoms with Crippen molar-refractivity contribution in [2.75, 3.05) is 73.6 Å². The van der Waals surface area contributed by atoms with E-state index in [2.05, 4.69) is 50.4 Å². The molecule has 2 aromatic carbocycles. The number of carbonyl (C=O) groups is 4. The number of piperidine rings is 1. The van der Waals surface area contributed by atoms with E-state index in [1.165, 1.54) is 0 Å². The van der Waals surface area contributed by atoms with Crippen molar-refractivity contribution in [2.45, 2.75) is 77.0 Å². The molecule has 0 unspecified atom stereocenters. The van der Waals surface area contributed by atoms with Gasteiger partial charge in [0.05, 0.1) is 25.5 Å². The first-order valence-corrected chi connectivity index (χ1v) is 20.8. The number of halogens is 1. The first-order valence-electron chi connectivity index (χ1n) is 20.4. The van der Waals surface area contributed by atoms with Crippen molar-refractivity contribution in [2.24, 2.45) is 5.92 Å². The standard InChI is InChI=1S/C44H51ClN8O4/c1-29-26-52(30(2)25-51(29)35-6-9-39(46-3)38(45)22-35)43(56)20-32-4-11-42(47-24-32)50-14-12-31(13-15-50)27-48-16-18-49(19-17-48)34-5-8-37-33(21-34)28-53(44(37)57)40-10-7-36(54)23-41(40)55/h4-6,8-9,11,21-22,24,29-31,40H,7,10,12-20,23,25-28H2,1-2H3/t29-,30+,40-/m0/s1. The SMILES string of the molecule is [C-]#[N+]c1ccc(N2C[C@@H](C)N(C(=O)Cc3ccc(N4CCC(CN5CCN(c6ccc7c(c6)CN([C@H]6CCC(=O)CC6=O)C7=O)CC5)CC4)nc3)C[C@@H]2C)cc1Cl. The lowest BCUT2D eigenvalue weighted by atomic mass is 9.92. The van der Waals surface area contributed by atoms with Crippen LogP contribution in [0.4, 0.5) is 22.9 Å². The summed E-state index contributed by atoms with van der Waals surface area (Å²) in [5, 5.41) is 0.451. The van der Waals surface area contributed by atoms with E-state index in [0.717, 1.165) is 87.0 Å². The fourth-order valence-corrected chi connectivity index (χ4v) is 9.67. The summed E-state index contributed by atoms with van der Waals surface area (Å²) in [6, 6.07) is 15.4. The third-order valence-electron chi connectivity index (χ3n) is 12.8. The average Bonchev–Trinajstić information content (AvgIpc) is 3.54. The molecule has 57 heavy (non-hydrogen) atoms. The molecule has 3 atom stereocenters. The molecule has 5 heterocycles. The van der Waals surface area contributed by atoms with Crippen LogP contribution in [0.3, 0.4) is 0 Å². The van der Waals surface area contributed by atoms with Gasteiger partial charge in [0, 0.05) is 112 Å². The van der Waals surface area contributed by atoms with E-state index in [1.807, 2.05) is 41.4 Å². The lowest BCUT2D eigenvalue weighted by molar-refractivity contribution is -0.134. The zero-order valence-electron chi connectivity index (χ0n) is 32.9. The number of anilines is 3. The minimum absolute atomic E-state index is 0.0278. The molecule has 298 valence electrons. The highest BCUT2D eigenvalue weighted by atomic mass is 35.5. The Morgan fingerprint density at radius 3 is 2.33 bits per heavy atom. The molecule has 3 aromatic rings. The van der Waals surface area contributed by atoms with Crippen molar-refractivity contribution in [3.63, 3.8) is 0 Å². The van der Waals surface area contributed by atoms with Crippen molar-refractivity contribution >= 4 is 57.9 Å². The zero-order chi connectivity index (χ0) is 39.8. The Labute approximate surface area is 340 Å². The smallest absolute Gasteiger partial charge is 0.255 e. The topological polar surface area (TPSA) is 105 Å². The highest BCUT2D eigenvalue weighted by Gasteiger charge is 2.39. The molecular formula is C44H51ClN8O4. The van der Waals surface area contributed by atoms with Crippen molar-refractivity contribution in [3.8, 4) is 0 Å². The Balaban J connectivity index is 0.769. The number of hydrogen-bond donors (Lipinski definition) is 0. The molecule has 12 nitrogen and oxygen atoms in total. The summed E-state index contributed by atoms with van der Waals surface area (Å²) in [6.45, 7) is 20.1. The second-order valence-corrected chi connectivity index (χ2v) is 17.0. The molecule has 1 aliphatic carbocycles. The summed E-state index contributed by atoms with van der Waals surface area (Å²) in [7, 11) is 0. The molecule has 1 aromatic heterocycles. The molecule has 5 aliphatic rings. The highest BCUT2D eigenvalue weighted by Crippen LogP contribution is 2.34. The van der Waals surface area contributed by atoms with Crippen molar-refractivity contribution < 1.29 is 19.2 Å². The van der Waals surface area contributed by atoms with Gasteiger partial charge < -0.3 is 24.5 Å². The van der Waals surface area contributed by atoms with Crippen LogP contribution in [0.15, 0.2) is 54.7 Å². The number of piperazine rings is 2. The second-order valence-electron chi connectivity index (χ2n) is 16.6.